The summed E-state index contributed by atoms with van der Waals surface area (Å²) < 4.78 is 7.24. The fourth-order valence-electron chi connectivity index (χ4n) is 2.36. The summed E-state index contributed by atoms with van der Waals surface area (Å²) in [5.74, 6) is -0.161. The molecular formula is C17H17N3O2. The van der Waals surface area contributed by atoms with E-state index in [1.54, 1.807) is 31.6 Å². The zero-order chi connectivity index (χ0) is 15.4. The first kappa shape index (κ1) is 14.3. The van der Waals surface area contributed by atoms with Crippen molar-refractivity contribution in [2.75, 3.05) is 19.0 Å². The van der Waals surface area contributed by atoms with Crippen molar-refractivity contribution >= 4 is 22.5 Å². The predicted octanol–water partition coefficient (Wildman–Crippen LogP) is 2.94. The molecule has 0 unspecified atom stereocenters. The minimum absolute atomic E-state index is 0.161. The molecule has 0 saturated heterocycles. The van der Waals surface area contributed by atoms with Gasteiger partial charge in [0.25, 0.3) is 5.91 Å². The molecule has 0 saturated carbocycles. The lowest BCUT2D eigenvalue weighted by Gasteiger charge is -2.07. The molecule has 2 heterocycles. The Morgan fingerprint density at radius 3 is 3.00 bits per heavy atom. The Morgan fingerprint density at radius 1 is 1.32 bits per heavy atom. The second kappa shape index (κ2) is 6.41. The average molecular weight is 295 g/mol. The van der Waals surface area contributed by atoms with E-state index in [-0.39, 0.29) is 5.91 Å². The van der Waals surface area contributed by atoms with Gasteiger partial charge < -0.3 is 14.6 Å². The van der Waals surface area contributed by atoms with E-state index >= 15 is 0 Å². The number of anilines is 1. The highest BCUT2D eigenvalue weighted by Crippen LogP contribution is 2.21. The van der Waals surface area contributed by atoms with E-state index in [0.717, 1.165) is 23.1 Å². The molecule has 3 aromatic rings. The first-order chi connectivity index (χ1) is 10.8. The third-order valence-electron chi connectivity index (χ3n) is 3.49. The van der Waals surface area contributed by atoms with Crippen LogP contribution in [0.25, 0.3) is 10.9 Å². The summed E-state index contributed by atoms with van der Waals surface area (Å²) in [6.45, 7) is 1.48. The van der Waals surface area contributed by atoms with Crippen molar-refractivity contribution in [2.45, 2.75) is 6.54 Å². The molecule has 1 amide bonds. The van der Waals surface area contributed by atoms with Crippen LogP contribution in [0.1, 0.15) is 10.4 Å². The number of nitrogens with one attached hydrogen (secondary N) is 1. The fourth-order valence-corrected chi connectivity index (χ4v) is 2.36. The van der Waals surface area contributed by atoms with Crippen LogP contribution in [-0.4, -0.2) is 29.2 Å². The fraction of sp³-hybridized carbons (Fsp3) is 0.176. The zero-order valence-electron chi connectivity index (χ0n) is 12.3. The topological polar surface area (TPSA) is 56.1 Å². The monoisotopic (exact) mass is 295 g/mol. The molecule has 2 aromatic heterocycles. The van der Waals surface area contributed by atoms with E-state index in [4.69, 9.17) is 4.74 Å². The number of pyridine rings is 1. The number of hydrogen-bond acceptors (Lipinski definition) is 3. The maximum atomic E-state index is 12.1. The third kappa shape index (κ3) is 2.99. The smallest absolute Gasteiger partial charge is 0.257 e. The molecule has 0 bridgehead atoms. The van der Waals surface area contributed by atoms with Crippen LogP contribution in [0.5, 0.6) is 0 Å². The highest BCUT2D eigenvalue weighted by molar-refractivity contribution is 6.04. The van der Waals surface area contributed by atoms with Crippen molar-refractivity contribution in [1.82, 2.24) is 9.55 Å². The van der Waals surface area contributed by atoms with Gasteiger partial charge in [0, 0.05) is 48.8 Å². The van der Waals surface area contributed by atoms with Gasteiger partial charge >= 0.3 is 0 Å². The van der Waals surface area contributed by atoms with Gasteiger partial charge in [-0.3, -0.25) is 9.78 Å². The Balaban J connectivity index is 1.79. The van der Waals surface area contributed by atoms with E-state index in [2.05, 4.69) is 14.9 Å². The van der Waals surface area contributed by atoms with Crippen molar-refractivity contribution in [2.24, 2.45) is 0 Å². The molecule has 0 aliphatic carbocycles. The number of aromatic nitrogens is 2. The quantitative estimate of drug-likeness (QED) is 0.787. The molecule has 0 spiro atoms. The number of rotatable bonds is 5. The number of amides is 1. The summed E-state index contributed by atoms with van der Waals surface area (Å²) in [4.78, 5) is 16.1. The van der Waals surface area contributed by atoms with Crippen LogP contribution in [0.15, 0.2) is 55.0 Å². The van der Waals surface area contributed by atoms with Gasteiger partial charge in [0.2, 0.25) is 0 Å². The van der Waals surface area contributed by atoms with Gasteiger partial charge in [-0.25, -0.2) is 0 Å². The van der Waals surface area contributed by atoms with Crippen LogP contribution in [0.4, 0.5) is 5.69 Å². The van der Waals surface area contributed by atoms with Crippen molar-refractivity contribution in [1.29, 1.82) is 0 Å². The molecule has 0 atom stereocenters. The van der Waals surface area contributed by atoms with Gasteiger partial charge in [0.15, 0.2) is 0 Å². The number of ether oxygens (including phenoxy) is 1. The van der Waals surface area contributed by atoms with Gasteiger partial charge in [0.05, 0.1) is 12.2 Å². The van der Waals surface area contributed by atoms with Gasteiger partial charge in [0.1, 0.15) is 0 Å². The summed E-state index contributed by atoms with van der Waals surface area (Å²) in [6, 6.07) is 11.4. The van der Waals surface area contributed by atoms with Crippen LogP contribution in [0.3, 0.4) is 0 Å². The number of carbonyl (C=O) groups excluding carboxylic acids is 1. The standard InChI is InChI=1S/C17H17N3O2/c1-22-10-9-20-8-6-13-11-15(4-5-16(13)20)19-17(21)14-3-2-7-18-12-14/h2-8,11-12H,9-10H2,1H3,(H,19,21). The minimum atomic E-state index is -0.161. The number of methoxy groups -OCH3 is 1. The second-order valence-electron chi connectivity index (χ2n) is 4.97. The molecule has 0 aliphatic rings. The lowest BCUT2D eigenvalue weighted by atomic mass is 10.2. The van der Waals surface area contributed by atoms with Crippen LogP contribution < -0.4 is 5.32 Å². The maximum Gasteiger partial charge on any atom is 0.257 e. The van der Waals surface area contributed by atoms with Crippen LogP contribution >= 0.6 is 0 Å². The molecule has 0 radical (unpaired) electrons. The number of benzene rings is 1. The lowest BCUT2D eigenvalue weighted by molar-refractivity contribution is 0.102. The van der Waals surface area contributed by atoms with E-state index in [1.807, 2.05) is 30.5 Å². The van der Waals surface area contributed by atoms with Crippen molar-refractivity contribution < 1.29 is 9.53 Å². The molecule has 5 heteroatoms. The molecule has 0 aliphatic heterocycles. The molecule has 112 valence electrons. The predicted molar refractivity (Wildman–Crippen MR) is 86.0 cm³/mol. The van der Waals surface area contributed by atoms with Crippen LogP contribution in [0, 0.1) is 0 Å². The Hall–Kier alpha value is -2.66. The van der Waals surface area contributed by atoms with E-state index in [0.29, 0.717) is 12.2 Å². The maximum absolute atomic E-state index is 12.1. The van der Waals surface area contributed by atoms with Crippen molar-refractivity contribution in [3.8, 4) is 0 Å². The number of carbonyl (C=O) groups is 1. The number of hydrogen-bond donors (Lipinski definition) is 1. The first-order valence-electron chi connectivity index (χ1n) is 7.07. The van der Waals surface area contributed by atoms with Crippen LogP contribution in [0.2, 0.25) is 0 Å². The third-order valence-corrected chi connectivity index (χ3v) is 3.49. The highest BCUT2D eigenvalue weighted by atomic mass is 16.5. The molecule has 22 heavy (non-hydrogen) atoms. The molecule has 3 rings (SSSR count). The van der Waals surface area contributed by atoms with Gasteiger partial charge in [-0.15, -0.1) is 0 Å². The Labute approximate surface area is 128 Å². The summed E-state index contributed by atoms with van der Waals surface area (Å²) in [5.41, 5.74) is 2.43. The number of fused-ring (bicyclic) bond motifs is 1. The summed E-state index contributed by atoms with van der Waals surface area (Å²) in [6.07, 6.45) is 5.22. The average Bonchev–Trinajstić information content (AvgIpc) is 2.96. The summed E-state index contributed by atoms with van der Waals surface area (Å²) in [7, 11) is 1.69. The highest BCUT2D eigenvalue weighted by Gasteiger charge is 2.07. The normalized spacial score (nSPS) is 10.8. The summed E-state index contributed by atoms with van der Waals surface area (Å²) >= 11 is 0. The number of nitrogens with zero attached hydrogens (tertiary/aromatic N) is 2. The van der Waals surface area contributed by atoms with Crippen molar-refractivity contribution in [3.05, 3.63) is 60.6 Å². The molecular weight excluding hydrogens is 278 g/mol. The first-order valence-corrected chi connectivity index (χ1v) is 7.07. The Bertz CT molecular complexity index is 781. The SMILES string of the molecule is COCCn1ccc2cc(NC(=O)c3cccnc3)ccc21. The lowest BCUT2D eigenvalue weighted by Crippen LogP contribution is -2.11. The Morgan fingerprint density at radius 2 is 2.23 bits per heavy atom. The molecule has 5 nitrogen and oxygen atoms in total. The minimum Gasteiger partial charge on any atom is -0.383 e. The largest absolute Gasteiger partial charge is 0.383 e. The van der Waals surface area contributed by atoms with Gasteiger partial charge in [-0.2, -0.15) is 0 Å². The zero-order valence-corrected chi connectivity index (χ0v) is 12.3. The van der Waals surface area contributed by atoms with E-state index in [1.165, 1.54) is 0 Å². The molecule has 1 N–H and O–H groups in total. The van der Waals surface area contributed by atoms with E-state index < -0.39 is 0 Å². The molecule has 1 aromatic carbocycles. The van der Waals surface area contributed by atoms with Gasteiger partial charge in [-0.05, 0) is 36.4 Å². The van der Waals surface area contributed by atoms with E-state index in [9.17, 15) is 4.79 Å². The van der Waals surface area contributed by atoms with Crippen LogP contribution in [-0.2, 0) is 11.3 Å². The van der Waals surface area contributed by atoms with Gasteiger partial charge in [-0.1, -0.05) is 0 Å². The second-order valence-corrected chi connectivity index (χ2v) is 4.97. The Kier molecular flexibility index (Phi) is 4.16. The summed E-state index contributed by atoms with van der Waals surface area (Å²) in [5, 5.41) is 3.97. The van der Waals surface area contributed by atoms with Crippen molar-refractivity contribution in [3.63, 3.8) is 0 Å². The molecule has 0 fully saturated rings.